The van der Waals surface area contributed by atoms with Crippen molar-refractivity contribution in [1.29, 1.82) is 0 Å². The third-order valence-corrected chi connectivity index (χ3v) is 7.47. The van der Waals surface area contributed by atoms with Gasteiger partial charge in [0.25, 0.3) is 0 Å². The SMILES string of the molecule is CC(=O)C[C@H](O)CO[Si](C)(C)C(C)(C)C. The Kier molecular flexibility index (Phi) is 5.16. The van der Waals surface area contributed by atoms with E-state index in [2.05, 4.69) is 33.9 Å². The minimum absolute atomic E-state index is 0.00123. The van der Waals surface area contributed by atoms with Crippen molar-refractivity contribution in [2.75, 3.05) is 6.61 Å². The highest BCUT2D eigenvalue weighted by Crippen LogP contribution is 2.36. The summed E-state index contributed by atoms with van der Waals surface area (Å²) in [4.78, 5) is 10.8. The van der Waals surface area contributed by atoms with Crippen molar-refractivity contribution in [3.63, 3.8) is 0 Å². The Morgan fingerprint density at radius 3 is 2.20 bits per heavy atom. The van der Waals surface area contributed by atoms with Gasteiger partial charge in [-0.2, -0.15) is 0 Å². The number of carbonyl (C=O) groups excluding carboxylic acids is 1. The highest BCUT2D eigenvalue weighted by molar-refractivity contribution is 6.74. The first-order valence-corrected chi connectivity index (χ1v) is 8.28. The third kappa shape index (κ3) is 5.44. The molecule has 0 amide bonds. The fraction of sp³-hybridized carbons (Fsp3) is 0.909. The van der Waals surface area contributed by atoms with E-state index in [-0.39, 0.29) is 23.8 Å². The van der Waals surface area contributed by atoms with Gasteiger partial charge in [0.1, 0.15) is 5.78 Å². The maximum absolute atomic E-state index is 10.8. The Morgan fingerprint density at radius 2 is 1.87 bits per heavy atom. The monoisotopic (exact) mass is 232 g/mol. The van der Waals surface area contributed by atoms with Gasteiger partial charge in [-0.3, -0.25) is 4.79 Å². The summed E-state index contributed by atoms with van der Waals surface area (Å²) in [5.74, 6) is 0.00123. The number of hydrogen-bond acceptors (Lipinski definition) is 3. The minimum atomic E-state index is -1.79. The van der Waals surface area contributed by atoms with E-state index in [4.69, 9.17) is 4.43 Å². The second-order valence-electron chi connectivity index (χ2n) is 5.63. The van der Waals surface area contributed by atoms with Crippen molar-refractivity contribution in [3.8, 4) is 0 Å². The van der Waals surface area contributed by atoms with Crippen molar-refractivity contribution >= 4 is 14.1 Å². The summed E-state index contributed by atoms with van der Waals surface area (Å²) < 4.78 is 5.79. The molecule has 0 bridgehead atoms. The summed E-state index contributed by atoms with van der Waals surface area (Å²) in [6.45, 7) is 12.5. The molecule has 0 unspecified atom stereocenters. The first kappa shape index (κ1) is 14.8. The van der Waals surface area contributed by atoms with Crippen molar-refractivity contribution in [2.45, 2.75) is 58.4 Å². The molecule has 0 aromatic rings. The van der Waals surface area contributed by atoms with Crippen molar-refractivity contribution in [2.24, 2.45) is 0 Å². The number of Topliss-reactive ketones (excluding diaryl/α,β-unsaturated/α-hetero) is 1. The zero-order valence-corrected chi connectivity index (χ0v) is 11.8. The molecule has 0 aromatic heterocycles. The molecule has 1 N–H and O–H groups in total. The summed E-state index contributed by atoms with van der Waals surface area (Å²) in [6, 6.07) is 0. The molecule has 0 aliphatic carbocycles. The maximum atomic E-state index is 10.8. The van der Waals surface area contributed by atoms with Crippen LogP contribution in [0.4, 0.5) is 0 Å². The first-order valence-electron chi connectivity index (χ1n) is 5.38. The summed E-state index contributed by atoms with van der Waals surface area (Å²) >= 11 is 0. The molecule has 0 heterocycles. The van der Waals surface area contributed by atoms with Gasteiger partial charge in [0.05, 0.1) is 12.7 Å². The van der Waals surface area contributed by atoms with Gasteiger partial charge >= 0.3 is 0 Å². The molecule has 0 radical (unpaired) electrons. The van der Waals surface area contributed by atoms with Gasteiger partial charge in [0, 0.05) is 6.42 Å². The van der Waals surface area contributed by atoms with Gasteiger partial charge in [-0.1, -0.05) is 20.8 Å². The lowest BCUT2D eigenvalue weighted by Crippen LogP contribution is -2.42. The molecule has 15 heavy (non-hydrogen) atoms. The van der Waals surface area contributed by atoms with Crippen LogP contribution in [-0.4, -0.2) is 31.9 Å². The number of aliphatic hydroxyl groups excluding tert-OH is 1. The van der Waals surface area contributed by atoms with E-state index in [0.29, 0.717) is 0 Å². The highest BCUT2D eigenvalue weighted by atomic mass is 28.4. The molecule has 3 nitrogen and oxygen atoms in total. The zero-order valence-electron chi connectivity index (χ0n) is 10.8. The summed E-state index contributed by atoms with van der Waals surface area (Å²) in [5.41, 5.74) is 0. The van der Waals surface area contributed by atoms with Gasteiger partial charge in [-0.25, -0.2) is 0 Å². The summed E-state index contributed by atoms with van der Waals surface area (Å²) in [7, 11) is -1.79. The highest BCUT2D eigenvalue weighted by Gasteiger charge is 2.37. The molecule has 1 atom stereocenters. The fourth-order valence-corrected chi connectivity index (χ4v) is 1.95. The number of aliphatic hydroxyl groups is 1. The quantitative estimate of drug-likeness (QED) is 0.740. The molecule has 4 heteroatoms. The Hall–Kier alpha value is -0.193. The van der Waals surface area contributed by atoms with Crippen LogP contribution in [0.2, 0.25) is 18.1 Å². The predicted molar refractivity (Wildman–Crippen MR) is 64.5 cm³/mol. The van der Waals surface area contributed by atoms with Crippen LogP contribution >= 0.6 is 0 Å². The Morgan fingerprint density at radius 1 is 1.40 bits per heavy atom. The van der Waals surface area contributed by atoms with Gasteiger partial charge in [-0.15, -0.1) is 0 Å². The van der Waals surface area contributed by atoms with Crippen LogP contribution in [0, 0.1) is 0 Å². The van der Waals surface area contributed by atoms with Crippen LogP contribution in [0.25, 0.3) is 0 Å². The molecule has 90 valence electrons. The van der Waals surface area contributed by atoms with Crippen LogP contribution in [-0.2, 0) is 9.22 Å². The number of ketones is 1. The van der Waals surface area contributed by atoms with Gasteiger partial charge in [0.2, 0.25) is 0 Å². The van der Waals surface area contributed by atoms with E-state index in [1.165, 1.54) is 6.92 Å². The Labute approximate surface area is 94.0 Å². The molecule has 0 spiro atoms. The molecule has 0 saturated carbocycles. The van der Waals surface area contributed by atoms with Crippen LogP contribution < -0.4 is 0 Å². The minimum Gasteiger partial charge on any atom is -0.414 e. The lowest BCUT2D eigenvalue weighted by Gasteiger charge is -2.36. The Bertz CT molecular complexity index is 218. The van der Waals surface area contributed by atoms with Crippen LogP contribution in [0.1, 0.15) is 34.1 Å². The van der Waals surface area contributed by atoms with E-state index in [1.807, 2.05) is 0 Å². The fourth-order valence-electron chi connectivity index (χ4n) is 0.912. The average Bonchev–Trinajstić information content (AvgIpc) is 1.97. The summed E-state index contributed by atoms with van der Waals surface area (Å²) in [6.07, 6.45) is -0.467. The number of carbonyl (C=O) groups is 1. The van der Waals surface area contributed by atoms with Gasteiger partial charge < -0.3 is 9.53 Å². The Balaban J connectivity index is 4.10. The predicted octanol–water partition coefficient (Wildman–Crippen LogP) is 2.35. The number of hydrogen-bond donors (Lipinski definition) is 1. The molecular weight excluding hydrogens is 208 g/mol. The molecule has 0 aromatic carbocycles. The van der Waals surface area contributed by atoms with Gasteiger partial charge in [0.15, 0.2) is 8.32 Å². The smallest absolute Gasteiger partial charge is 0.192 e. The van der Waals surface area contributed by atoms with Crippen molar-refractivity contribution in [3.05, 3.63) is 0 Å². The molecule has 0 rings (SSSR count). The topological polar surface area (TPSA) is 46.5 Å². The molecule has 0 aliphatic heterocycles. The molecule has 0 aliphatic rings. The van der Waals surface area contributed by atoms with E-state index >= 15 is 0 Å². The second-order valence-corrected chi connectivity index (χ2v) is 10.4. The van der Waals surface area contributed by atoms with E-state index in [1.54, 1.807) is 0 Å². The van der Waals surface area contributed by atoms with Crippen molar-refractivity contribution < 1.29 is 14.3 Å². The molecular formula is C11H24O3Si. The lowest BCUT2D eigenvalue weighted by molar-refractivity contribution is -0.119. The van der Waals surface area contributed by atoms with E-state index < -0.39 is 14.4 Å². The largest absolute Gasteiger partial charge is 0.414 e. The normalized spacial score (nSPS) is 15.1. The third-order valence-electron chi connectivity index (χ3n) is 2.97. The van der Waals surface area contributed by atoms with Crippen molar-refractivity contribution in [1.82, 2.24) is 0 Å². The second kappa shape index (κ2) is 5.23. The van der Waals surface area contributed by atoms with Crippen LogP contribution in [0.5, 0.6) is 0 Å². The standard InChI is InChI=1S/C11H24O3Si/c1-9(12)7-10(13)8-14-15(5,6)11(2,3)4/h10,13H,7-8H2,1-6H3/t10-/m0/s1. The van der Waals surface area contributed by atoms with E-state index in [9.17, 15) is 9.90 Å². The number of rotatable bonds is 5. The molecule has 0 fully saturated rings. The van der Waals surface area contributed by atoms with Crippen LogP contribution in [0.15, 0.2) is 0 Å². The first-order chi connectivity index (χ1) is 6.56. The van der Waals surface area contributed by atoms with Gasteiger partial charge in [-0.05, 0) is 25.1 Å². The molecule has 0 saturated heterocycles. The van der Waals surface area contributed by atoms with Crippen LogP contribution in [0.3, 0.4) is 0 Å². The lowest BCUT2D eigenvalue weighted by atomic mass is 10.2. The zero-order chi connectivity index (χ0) is 12.3. The average molecular weight is 232 g/mol. The van der Waals surface area contributed by atoms with E-state index in [0.717, 1.165) is 0 Å². The maximum Gasteiger partial charge on any atom is 0.192 e. The summed E-state index contributed by atoms with van der Waals surface area (Å²) in [5, 5.41) is 9.67.